The van der Waals surface area contributed by atoms with Crippen LogP contribution in [-0.2, 0) is 14.8 Å². The number of carbonyl (C=O) groups excluding carboxylic acids is 1. The SMILES string of the molecule is CCC[C@H](C)NC(=O)[C@H](C)NS(=O)(=O)c1ccc(OCC)c(Cl)c1. The quantitative estimate of drug-likeness (QED) is 0.694. The lowest BCUT2D eigenvalue weighted by molar-refractivity contribution is -0.123. The average Bonchev–Trinajstić information content (AvgIpc) is 2.49. The molecule has 1 amide bonds. The van der Waals surface area contributed by atoms with Gasteiger partial charge in [-0.15, -0.1) is 0 Å². The maximum absolute atomic E-state index is 12.4. The lowest BCUT2D eigenvalue weighted by Gasteiger charge is -2.18. The van der Waals surface area contributed by atoms with E-state index in [9.17, 15) is 13.2 Å². The van der Waals surface area contributed by atoms with Gasteiger partial charge in [0, 0.05) is 6.04 Å². The maximum atomic E-state index is 12.4. The Hall–Kier alpha value is -1.31. The van der Waals surface area contributed by atoms with Gasteiger partial charge in [0.1, 0.15) is 5.75 Å². The van der Waals surface area contributed by atoms with Crippen molar-refractivity contribution in [2.45, 2.75) is 57.5 Å². The highest BCUT2D eigenvalue weighted by Crippen LogP contribution is 2.27. The molecule has 6 nitrogen and oxygen atoms in total. The number of ether oxygens (including phenoxy) is 1. The van der Waals surface area contributed by atoms with Crippen molar-refractivity contribution >= 4 is 27.5 Å². The first-order valence-electron chi connectivity index (χ1n) is 7.96. The molecule has 0 fully saturated rings. The molecule has 0 saturated heterocycles. The van der Waals surface area contributed by atoms with Crippen molar-refractivity contribution < 1.29 is 17.9 Å². The van der Waals surface area contributed by atoms with E-state index in [1.165, 1.54) is 25.1 Å². The third kappa shape index (κ3) is 5.96. The van der Waals surface area contributed by atoms with Gasteiger partial charge >= 0.3 is 0 Å². The normalized spacial score (nSPS) is 14.0. The highest BCUT2D eigenvalue weighted by Gasteiger charge is 2.23. The summed E-state index contributed by atoms with van der Waals surface area (Å²) in [7, 11) is -3.86. The Kier molecular flexibility index (Phi) is 7.99. The Balaban J connectivity index is 2.82. The fourth-order valence-corrected chi connectivity index (χ4v) is 3.68. The molecule has 1 rings (SSSR count). The Morgan fingerprint density at radius 2 is 1.96 bits per heavy atom. The van der Waals surface area contributed by atoms with Gasteiger partial charge in [0.05, 0.1) is 22.6 Å². The van der Waals surface area contributed by atoms with E-state index in [1.807, 2.05) is 20.8 Å². The molecule has 1 aromatic rings. The van der Waals surface area contributed by atoms with Gasteiger partial charge in [-0.25, -0.2) is 8.42 Å². The van der Waals surface area contributed by atoms with Crippen molar-refractivity contribution in [3.63, 3.8) is 0 Å². The molecule has 0 radical (unpaired) electrons. The van der Waals surface area contributed by atoms with Gasteiger partial charge < -0.3 is 10.1 Å². The molecule has 0 aromatic heterocycles. The van der Waals surface area contributed by atoms with Gasteiger partial charge in [-0.1, -0.05) is 24.9 Å². The van der Waals surface area contributed by atoms with E-state index in [0.717, 1.165) is 12.8 Å². The first-order valence-corrected chi connectivity index (χ1v) is 9.82. The van der Waals surface area contributed by atoms with E-state index in [0.29, 0.717) is 12.4 Å². The largest absolute Gasteiger partial charge is 0.492 e. The summed E-state index contributed by atoms with van der Waals surface area (Å²) in [6.07, 6.45) is 1.77. The molecule has 0 aliphatic carbocycles. The predicted octanol–water partition coefficient (Wildman–Crippen LogP) is 2.71. The van der Waals surface area contributed by atoms with E-state index in [-0.39, 0.29) is 21.9 Å². The maximum Gasteiger partial charge on any atom is 0.241 e. The third-order valence-electron chi connectivity index (χ3n) is 3.35. The smallest absolute Gasteiger partial charge is 0.241 e. The minimum Gasteiger partial charge on any atom is -0.492 e. The molecule has 2 N–H and O–H groups in total. The summed E-state index contributed by atoms with van der Waals surface area (Å²) in [5, 5.41) is 2.98. The van der Waals surface area contributed by atoms with Gasteiger partial charge in [-0.3, -0.25) is 4.79 Å². The van der Waals surface area contributed by atoms with Crippen LogP contribution in [0.1, 0.15) is 40.5 Å². The first-order chi connectivity index (χ1) is 11.2. The van der Waals surface area contributed by atoms with E-state index < -0.39 is 16.1 Å². The number of rotatable bonds is 9. The van der Waals surface area contributed by atoms with Gasteiger partial charge in [0.25, 0.3) is 0 Å². The lowest BCUT2D eigenvalue weighted by atomic mass is 10.2. The number of nitrogens with one attached hydrogen (secondary N) is 2. The van der Waals surface area contributed by atoms with Crippen molar-refractivity contribution in [3.8, 4) is 5.75 Å². The second-order valence-electron chi connectivity index (χ2n) is 5.57. The number of hydrogen-bond acceptors (Lipinski definition) is 4. The van der Waals surface area contributed by atoms with Gasteiger partial charge in [0.2, 0.25) is 15.9 Å². The molecular weight excluding hydrogens is 352 g/mol. The van der Waals surface area contributed by atoms with Crippen LogP contribution in [0.3, 0.4) is 0 Å². The van der Waals surface area contributed by atoms with Crippen molar-refractivity contribution in [1.29, 1.82) is 0 Å². The number of halogens is 1. The number of hydrogen-bond donors (Lipinski definition) is 2. The van der Waals surface area contributed by atoms with Crippen LogP contribution < -0.4 is 14.8 Å². The van der Waals surface area contributed by atoms with Crippen LogP contribution in [0.2, 0.25) is 5.02 Å². The zero-order valence-corrected chi connectivity index (χ0v) is 16.0. The summed E-state index contributed by atoms with van der Waals surface area (Å²) >= 11 is 6.02. The zero-order valence-electron chi connectivity index (χ0n) is 14.4. The van der Waals surface area contributed by atoms with Crippen LogP contribution in [0, 0.1) is 0 Å². The molecule has 0 heterocycles. The van der Waals surface area contributed by atoms with Gasteiger partial charge in [-0.05, 0) is 45.4 Å². The van der Waals surface area contributed by atoms with Crippen molar-refractivity contribution in [1.82, 2.24) is 10.0 Å². The predicted molar refractivity (Wildman–Crippen MR) is 94.9 cm³/mol. The minimum atomic E-state index is -3.86. The number of benzene rings is 1. The minimum absolute atomic E-state index is 0.00521. The highest BCUT2D eigenvalue weighted by atomic mass is 35.5. The summed E-state index contributed by atoms with van der Waals surface area (Å²) in [6.45, 7) is 7.64. The second-order valence-corrected chi connectivity index (χ2v) is 7.69. The highest BCUT2D eigenvalue weighted by molar-refractivity contribution is 7.89. The molecular formula is C16H25ClN2O4S. The molecule has 136 valence electrons. The van der Waals surface area contributed by atoms with Crippen LogP contribution in [0.15, 0.2) is 23.1 Å². The Bertz CT molecular complexity index is 664. The Morgan fingerprint density at radius 1 is 1.29 bits per heavy atom. The molecule has 8 heteroatoms. The summed E-state index contributed by atoms with van der Waals surface area (Å²) in [5.41, 5.74) is 0. The first kappa shape index (κ1) is 20.7. The van der Waals surface area contributed by atoms with Crippen LogP contribution >= 0.6 is 11.6 Å². The molecule has 0 aliphatic heterocycles. The molecule has 0 aliphatic rings. The van der Waals surface area contributed by atoms with Crippen LogP contribution in [0.5, 0.6) is 5.75 Å². The molecule has 0 bridgehead atoms. The van der Waals surface area contributed by atoms with E-state index in [4.69, 9.17) is 16.3 Å². The second kappa shape index (κ2) is 9.25. The molecule has 24 heavy (non-hydrogen) atoms. The standard InChI is InChI=1S/C16H25ClN2O4S/c1-5-7-11(3)18-16(20)12(4)19-24(21,22)13-8-9-15(23-6-2)14(17)10-13/h8-12,19H,5-7H2,1-4H3,(H,18,20)/t11-,12-/m0/s1. The molecule has 0 unspecified atom stereocenters. The average molecular weight is 377 g/mol. The Morgan fingerprint density at radius 3 is 2.50 bits per heavy atom. The fraction of sp³-hybridized carbons (Fsp3) is 0.562. The van der Waals surface area contributed by atoms with E-state index in [1.54, 1.807) is 0 Å². The van der Waals surface area contributed by atoms with E-state index in [2.05, 4.69) is 10.0 Å². The van der Waals surface area contributed by atoms with Crippen molar-refractivity contribution in [3.05, 3.63) is 23.2 Å². The summed E-state index contributed by atoms with van der Waals surface area (Å²) < 4.78 is 32.4. The monoisotopic (exact) mass is 376 g/mol. The Labute approximate surface area is 149 Å². The van der Waals surface area contributed by atoms with Gasteiger partial charge in [-0.2, -0.15) is 4.72 Å². The molecule has 0 spiro atoms. The topological polar surface area (TPSA) is 84.5 Å². The van der Waals surface area contributed by atoms with Crippen molar-refractivity contribution in [2.24, 2.45) is 0 Å². The summed E-state index contributed by atoms with van der Waals surface area (Å²) in [6, 6.07) is 3.30. The van der Waals surface area contributed by atoms with Crippen LogP contribution in [0.25, 0.3) is 0 Å². The number of amides is 1. The number of sulfonamides is 1. The molecule has 0 saturated carbocycles. The van der Waals surface area contributed by atoms with Crippen LogP contribution in [0.4, 0.5) is 0 Å². The fourth-order valence-electron chi connectivity index (χ4n) is 2.15. The van der Waals surface area contributed by atoms with Crippen LogP contribution in [-0.4, -0.2) is 33.0 Å². The summed E-state index contributed by atoms with van der Waals surface area (Å²) in [5.74, 6) is 0.0499. The van der Waals surface area contributed by atoms with Crippen molar-refractivity contribution in [2.75, 3.05) is 6.61 Å². The lowest BCUT2D eigenvalue weighted by Crippen LogP contribution is -2.47. The zero-order chi connectivity index (χ0) is 18.3. The van der Waals surface area contributed by atoms with Gasteiger partial charge in [0.15, 0.2) is 0 Å². The third-order valence-corrected chi connectivity index (χ3v) is 5.18. The summed E-state index contributed by atoms with van der Waals surface area (Å²) in [4.78, 5) is 12.0. The molecule has 1 aromatic carbocycles. The number of carbonyl (C=O) groups is 1. The molecule has 2 atom stereocenters. The van der Waals surface area contributed by atoms with E-state index >= 15 is 0 Å².